The van der Waals surface area contributed by atoms with Crippen molar-refractivity contribution in [2.75, 3.05) is 45.7 Å². The Kier molecular flexibility index (Phi) is 24.6. The second kappa shape index (κ2) is 32.8. The number of fused-ring (bicyclic) bond motifs is 2. The number of carbonyl (C=O) groups excluding carboxylic acids is 4. The molecule has 1 unspecified atom stereocenters. The number of esters is 4. The van der Waals surface area contributed by atoms with Crippen LogP contribution in [0.3, 0.4) is 0 Å². The molecule has 17 heteroatoms. The Bertz CT molecular complexity index is 3340. The van der Waals surface area contributed by atoms with Crippen LogP contribution in [-0.4, -0.2) is 75.6 Å². The summed E-state index contributed by atoms with van der Waals surface area (Å²) in [6.07, 6.45) is 11.6. The molecule has 0 bridgehead atoms. The van der Waals surface area contributed by atoms with Gasteiger partial charge in [-0.05, 0) is 153 Å². The van der Waals surface area contributed by atoms with Gasteiger partial charge < -0.3 is 42.6 Å². The van der Waals surface area contributed by atoms with Crippen LogP contribution < -0.4 is 43.6 Å². The summed E-state index contributed by atoms with van der Waals surface area (Å²) in [5.41, 5.74) is 7.87. The molecule has 0 spiro atoms. The van der Waals surface area contributed by atoms with Gasteiger partial charge in [-0.1, -0.05) is 92.8 Å². The molecule has 0 aliphatic carbocycles. The van der Waals surface area contributed by atoms with Crippen molar-refractivity contribution in [1.29, 1.82) is 0 Å². The Hall–Kier alpha value is -8.67. The van der Waals surface area contributed by atoms with Crippen LogP contribution in [0.5, 0.6) is 40.2 Å². The number of benzene rings is 6. The molecular weight excluding hydrogens is 1090 g/mol. The normalized spacial score (nSPS) is 11.4. The lowest BCUT2D eigenvalue weighted by Gasteiger charge is -2.30. The molecule has 7 aromatic rings. The summed E-state index contributed by atoms with van der Waals surface area (Å²) >= 11 is 1.57. The summed E-state index contributed by atoms with van der Waals surface area (Å²) in [7, 11) is 3.03. The number of hydrogen-bond donors (Lipinski definition) is 1. The monoisotopic (exact) mass is 1160 g/mol. The number of hydrazine groups is 1. The maximum absolute atomic E-state index is 13.7. The van der Waals surface area contributed by atoms with Crippen molar-refractivity contribution in [3.63, 3.8) is 0 Å². The van der Waals surface area contributed by atoms with Crippen LogP contribution in [0.2, 0.25) is 0 Å². The van der Waals surface area contributed by atoms with Crippen molar-refractivity contribution in [3.8, 4) is 40.2 Å². The molecule has 7 rings (SSSR count). The van der Waals surface area contributed by atoms with Gasteiger partial charge in [-0.15, -0.1) is 0 Å². The zero-order valence-corrected chi connectivity index (χ0v) is 49.4. The second-order valence-electron chi connectivity index (χ2n) is 19.9. The zero-order valence-electron chi connectivity index (χ0n) is 48.6. The molecule has 1 atom stereocenters. The molecule has 1 aromatic heterocycles. The van der Waals surface area contributed by atoms with Crippen molar-refractivity contribution in [3.05, 3.63) is 168 Å². The third-order valence-corrected chi connectivity index (χ3v) is 14.5. The van der Waals surface area contributed by atoms with Crippen LogP contribution in [0.4, 0.5) is 5.13 Å². The number of ether oxygens (including phenoxy) is 9. The highest BCUT2D eigenvalue weighted by molar-refractivity contribution is 7.22. The van der Waals surface area contributed by atoms with Gasteiger partial charge in [0.25, 0.3) is 0 Å². The molecule has 0 saturated heterocycles. The van der Waals surface area contributed by atoms with Gasteiger partial charge in [0, 0.05) is 43.2 Å². The fraction of sp³-hybridized carbons (Fsp3) is 0.328. The Labute approximate surface area is 495 Å². The molecule has 0 radical (unpaired) electrons. The summed E-state index contributed by atoms with van der Waals surface area (Å²) in [6.45, 7) is 14.9. The minimum absolute atomic E-state index is 0.0312. The maximum atomic E-state index is 13.7. The minimum atomic E-state index is -0.672. The van der Waals surface area contributed by atoms with E-state index in [1.54, 1.807) is 55.7 Å². The predicted octanol–water partition coefficient (Wildman–Crippen LogP) is 13.8. The molecular formula is C67H75N3O13S. The van der Waals surface area contributed by atoms with E-state index in [2.05, 4.69) is 38.5 Å². The van der Waals surface area contributed by atoms with Gasteiger partial charge in [0.2, 0.25) is 5.13 Å². The number of anilines is 1. The first-order valence-electron chi connectivity index (χ1n) is 28.3. The highest BCUT2D eigenvalue weighted by Crippen LogP contribution is 2.39. The van der Waals surface area contributed by atoms with Crippen LogP contribution in [0.1, 0.15) is 101 Å². The van der Waals surface area contributed by atoms with Gasteiger partial charge in [0.05, 0.1) is 56.4 Å². The first-order chi connectivity index (χ1) is 40.8. The third kappa shape index (κ3) is 19.2. The largest absolute Gasteiger partial charge is 0.494 e. The van der Waals surface area contributed by atoms with Crippen LogP contribution >= 0.6 is 11.3 Å². The molecule has 6 aromatic carbocycles. The lowest BCUT2D eigenvalue weighted by atomic mass is 10.1. The molecule has 0 aliphatic rings. The van der Waals surface area contributed by atoms with Gasteiger partial charge in [-0.25, -0.2) is 24.8 Å². The first-order valence-corrected chi connectivity index (χ1v) is 29.1. The van der Waals surface area contributed by atoms with E-state index in [4.69, 9.17) is 47.6 Å². The Balaban J connectivity index is 0.992. The van der Waals surface area contributed by atoms with E-state index in [1.807, 2.05) is 89.9 Å². The quantitative estimate of drug-likeness (QED) is 0.0130. The van der Waals surface area contributed by atoms with Gasteiger partial charge in [-0.3, -0.25) is 9.80 Å². The number of carbonyl (C=O) groups is 4. The SMILES string of the molecule is C=CC(=O)OCCCOc1ccc2cc(COc3ccc(/C=C/C(=O)Oc4ccc(OC(=O)CCc5ccc(OCCCCCCOC(=O)C(=C)C)cc5)c(CNN(c5nc6ccccc6s5)C(C)CCCC)c4OC)cc3OC)ccc2c1. The van der Waals surface area contributed by atoms with Crippen molar-refractivity contribution >= 4 is 67.4 Å². The van der Waals surface area contributed by atoms with E-state index in [1.165, 1.54) is 13.2 Å². The topological polar surface area (TPSA) is 180 Å². The number of unbranched alkanes of at least 4 members (excludes halogenated alkanes) is 4. The molecule has 1 heterocycles. The lowest BCUT2D eigenvalue weighted by molar-refractivity contribution is -0.139. The number of aromatic nitrogens is 1. The number of rotatable bonds is 35. The number of nitrogens with zero attached hydrogens (tertiary/aromatic N) is 2. The Morgan fingerprint density at radius 1 is 0.690 bits per heavy atom. The first kappa shape index (κ1) is 62.9. The lowest BCUT2D eigenvalue weighted by Crippen LogP contribution is -2.44. The minimum Gasteiger partial charge on any atom is -0.494 e. The molecule has 84 heavy (non-hydrogen) atoms. The summed E-state index contributed by atoms with van der Waals surface area (Å²) in [5.74, 6) is 1.09. The zero-order chi connectivity index (χ0) is 59.6. The third-order valence-electron chi connectivity index (χ3n) is 13.4. The number of nitrogens with one attached hydrogen (secondary N) is 1. The molecule has 0 amide bonds. The summed E-state index contributed by atoms with van der Waals surface area (Å²) < 4.78 is 53.0. The number of hydrogen-bond acceptors (Lipinski definition) is 17. The van der Waals surface area contributed by atoms with Crippen molar-refractivity contribution < 1.29 is 61.8 Å². The molecule has 0 aliphatic heterocycles. The van der Waals surface area contributed by atoms with Gasteiger partial charge in [0.1, 0.15) is 23.9 Å². The Morgan fingerprint density at radius 3 is 2.15 bits per heavy atom. The smallest absolute Gasteiger partial charge is 0.336 e. The van der Waals surface area contributed by atoms with Crippen LogP contribution in [0.15, 0.2) is 146 Å². The highest BCUT2D eigenvalue weighted by atomic mass is 32.1. The second-order valence-corrected chi connectivity index (χ2v) is 20.9. The van der Waals surface area contributed by atoms with Crippen molar-refractivity contribution in [1.82, 2.24) is 10.4 Å². The summed E-state index contributed by atoms with van der Waals surface area (Å²) in [5, 5.41) is 4.85. The maximum Gasteiger partial charge on any atom is 0.336 e. The van der Waals surface area contributed by atoms with E-state index in [-0.39, 0.29) is 55.4 Å². The number of para-hydroxylation sites is 1. The van der Waals surface area contributed by atoms with Crippen molar-refractivity contribution in [2.45, 2.75) is 104 Å². The van der Waals surface area contributed by atoms with Gasteiger partial charge >= 0.3 is 23.9 Å². The highest BCUT2D eigenvalue weighted by Gasteiger charge is 2.24. The van der Waals surface area contributed by atoms with Crippen LogP contribution in [-0.2, 0) is 48.2 Å². The molecule has 0 saturated carbocycles. The molecule has 0 fully saturated rings. The van der Waals surface area contributed by atoms with E-state index < -0.39 is 17.9 Å². The average Bonchev–Trinajstić information content (AvgIpc) is 3.99. The van der Waals surface area contributed by atoms with Gasteiger partial charge in [-0.2, -0.15) is 0 Å². The number of thiazole rings is 1. The van der Waals surface area contributed by atoms with E-state index >= 15 is 0 Å². The van der Waals surface area contributed by atoms with Gasteiger partial charge in [0.15, 0.2) is 23.0 Å². The van der Waals surface area contributed by atoms with Crippen LogP contribution in [0.25, 0.3) is 27.1 Å². The number of methoxy groups -OCH3 is 2. The summed E-state index contributed by atoms with van der Waals surface area (Å²) in [4.78, 5) is 55.1. The fourth-order valence-corrected chi connectivity index (χ4v) is 9.89. The van der Waals surface area contributed by atoms with E-state index in [9.17, 15) is 19.2 Å². The Morgan fingerprint density at radius 2 is 1.39 bits per heavy atom. The summed E-state index contributed by atoms with van der Waals surface area (Å²) in [6, 6.07) is 36.1. The molecule has 442 valence electrons. The van der Waals surface area contributed by atoms with Crippen LogP contribution in [0, 0.1) is 0 Å². The number of aryl methyl sites for hydroxylation is 1. The fourth-order valence-electron chi connectivity index (χ4n) is 8.84. The van der Waals surface area contributed by atoms with Crippen molar-refractivity contribution in [2.24, 2.45) is 0 Å². The van der Waals surface area contributed by atoms with E-state index in [0.29, 0.717) is 66.6 Å². The molecule has 16 nitrogen and oxygen atoms in total. The standard InChI is InChI=1S/C67H75N3O13S/c1-8-10-18-47(5)70(67-69-56-19-13-14-20-61(56)84-67)68-44-55-57(82-63(72)35-25-48-22-29-53(30-23-48)77-37-15-11-12-16-38-80-66(74)46(3)4)33-34-59(65(55)76-7)83-64(73)36-26-49-24-32-58(60(42-49)75-6)81-45-50-21-27-52-43-54(31-28-51(52)41-50)78-39-17-40-79-62(71)9-2/h9,13-14,19-24,26-34,36,41-43,47,68H,2-3,8,10-12,15-18,25,35,37-40,44-45H2,1,4-7H3/b36-26+. The molecule has 1 N–H and O–H groups in total. The van der Waals surface area contributed by atoms with E-state index in [0.717, 1.165) is 94.0 Å². The predicted molar refractivity (Wildman–Crippen MR) is 328 cm³/mol. The average molecular weight is 1160 g/mol.